The molecule has 3 atom stereocenters. The minimum Gasteiger partial charge on any atom is -0.291 e. The molecule has 0 N–H and O–H groups in total. The van der Waals surface area contributed by atoms with Crippen molar-refractivity contribution in [2.24, 2.45) is 17.8 Å². The van der Waals surface area contributed by atoms with Gasteiger partial charge in [-0.1, -0.05) is 48.3 Å². The fourth-order valence-electron chi connectivity index (χ4n) is 4.06. The number of ketones is 1. The quantitative estimate of drug-likeness (QED) is 0.361. The number of imide groups is 1. The molecule has 0 bridgehead atoms. The van der Waals surface area contributed by atoms with Gasteiger partial charge >= 0.3 is 0 Å². The van der Waals surface area contributed by atoms with E-state index in [1.54, 1.807) is 17.5 Å². The SMILES string of the molecule is C[C@@H]1C=CC[C@H]2C(=O)N(N(CC(=O)c3cccs3)C(=O)c3ccc(Cl)cc3Cl)C(=O)[C@H]12. The number of Topliss-reactive ketones (excluding diaryl/α,β-unsaturated/α-hetero) is 1. The van der Waals surface area contributed by atoms with Crippen LogP contribution in [0, 0.1) is 17.8 Å². The van der Waals surface area contributed by atoms with Crippen LogP contribution in [0.15, 0.2) is 47.9 Å². The molecule has 4 rings (SSSR count). The van der Waals surface area contributed by atoms with E-state index in [2.05, 4.69) is 0 Å². The number of hydrazine groups is 1. The number of carbonyl (C=O) groups excluding carboxylic acids is 4. The van der Waals surface area contributed by atoms with Crippen molar-refractivity contribution in [2.75, 3.05) is 6.54 Å². The zero-order valence-corrected chi connectivity index (χ0v) is 18.8. The van der Waals surface area contributed by atoms with Gasteiger partial charge < -0.3 is 0 Å². The van der Waals surface area contributed by atoms with Gasteiger partial charge in [0.15, 0.2) is 5.78 Å². The molecular formula is C22H18Cl2N2O4S. The molecule has 1 aromatic heterocycles. The summed E-state index contributed by atoms with van der Waals surface area (Å²) in [6, 6.07) is 7.64. The number of thiophene rings is 1. The number of fused-ring (bicyclic) bond motifs is 1. The van der Waals surface area contributed by atoms with Gasteiger partial charge in [-0.3, -0.25) is 19.2 Å². The molecule has 1 fully saturated rings. The predicted octanol–water partition coefficient (Wildman–Crippen LogP) is 4.49. The van der Waals surface area contributed by atoms with Crippen molar-refractivity contribution in [1.82, 2.24) is 10.0 Å². The van der Waals surface area contributed by atoms with Gasteiger partial charge in [-0.25, -0.2) is 5.01 Å². The first kappa shape index (κ1) is 21.7. The zero-order valence-electron chi connectivity index (χ0n) is 16.5. The number of allylic oxidation sites excluding steroid dienone is 2. The number of benzene rings is 1. The fraction of sp³-hybridized carbons (Fsp3) is 0.273. The van der Waals surface area contributed by atoms with Crippen molar-refractivity contribution >= 4 is 58.0 Å². The van der Waals surface area contributed by atoms with Crippen LogP contribution in [0.5, 0.6) is 0 Å². The fourth-order valence-corrected chi connectivity index (χ4v) is 5.20. The Bertz CT molecular complexity index is 1100. The van der Waals surface area contributed by atoms with Crippen LogP contribution < -0.4 is 0 Å². The summed E-state index contributed by atoms with van der Waals surface area (Å²) in [7, 11) is 0. The lowest BCUT2D eigenvalue weighted by atomic mass is 9.78. The molecule has 160 valence electrons. The normalized spacial score (nSPS) is 22.5. The van der Waals surface area contributed by atoms with E-state index in [0.717, 1.165) is 10.0 Å². The Balaban J connectivity index is 1.73. The van der Waals surface area contributed by atoms with E-state index < -0.39 is 36.1 Å². The highest BCUT2D eigenvalue weighted by atomic mass is 35.5. The Morgan fingerprint density at radius 3 is 2.61 bits per heavy atom. The van der Waals surface area contributed by atoms with Crippen LogP contribution in [0.25, 0.3) is 0 Å². The van der Waals surface area contributed by atoms with Crippen molar-refractivity contribution in [1.29, 1.82) is 0 Å². The number of nitrogens with zero attached hydrogens (tertiary/aromatic N) is 2. The van der Waals surface area contributed by atoms with Gasteiger partial charge in [-0.05, 0) is 42.0 Å². The lowest BCUT2D eigenvalue weighted by Crippen LogP contribution is -2.52. The maximum Gasteiger partial charge on any atom is 0.274 e. The average Bonchev–Trinajstić information content (AvgIpc) is 3.34. The summed E-state index contributed by atoms with van der Waals surface area (Å²) in [6.07, 6.45) is 4.19. The molecule has 3 amide bonds. The molecule has 0 unspecified atom stereocenters. The summed E-state index contributed by atoms with van der Waals surface area (Å²) in [5.74, 6) is -3.33. The third kappa shape index (κ3) is 3.93. The van der Waals surface area contributed by atoms with E-state index in [0.29, 0.717) is 16.3 Å². The monoisotopic (exact) mass is 476 g/mol. The van der Waals surface area contributed by atoms with Crippen LogP contribution in [0.1, 0.15) is 33.4 Å². The summed E-state index contributed by atoms with van der Waals surface area (Å²) < 4.78 is 0. The summed E-state index contributed by atoms with van der Waals surface area (Å²) in [5.41, 5.74) is 0.0479. The lowest BCUT2D eigenvalue weighted by molar-refractivity contribution is -0.154. The van der Waals surface area contributed by atoms with Crippen molar-refractivity contribution in [3.8, 4) is 0 Å². The Morgan fingerprint density at radius 1 is 1.19 bits per heavy atom. The van der Waals surface area contributed by atoms with Crippen molar-refractivity contribution in [2.45, 2.75) is 13.3 Å². The minimum atomic E-state index is -0.715. The third-order valence-electron chi connectivity index (χ3n) is 5.58. The molecule has 1 saturated heterocycles. The van der Waals surface area contributed by atoms with Crippen molar-refractivity contribution < 1.29 is 19.2 Å². The van der Waals surface area contributed by atoms with Gasteiger partial charge in [0.05, 0.1) is 27.3 Å². The van der Waals surface area contributed by atoms with E-state index in [-0.39, 0.29) is 22.3 Å². The number of rotatable bonds is 5. The Hall–Kier alpha value is -2.48. The average molecular weight is 477 g/mol. The first-order chi connectivity index (χ1) is 14.8. The van der Waals surface area contributed by atoms with Crippen LogP contribution >= 0.6 is 34.5 Å². The van der Waals surface area contributed by atoms with E-state index in [1.807, 2.05) is 19.1 Å². The molecule has 0 saturated carbocycles. The number of hydrogen-bond acceptors (Lipinski definition) is 5. The molecule has 0 spiro atoms. The van der Waals surface area contributed by atoms with Crippen LogP contribution in [-0.2, 0) is 9.59 Å². The van der Waals surface area contributed by atoms with Crippen molar-refractivity contribution in [3.05, 3.63) is 68.3 Å². The molecule has 6 nitrogen and oxygen atoms in total. The van der Waals surface area contributed by atoms with E-state index in [9.17, 15) is 19.2 Å². The topological polar surface area (TPSA) is 74.8 Å². The maximum absolute atomic E-state index is 13.4. The standard InChI is InChI=1S/C22H18Cl2N2O4S/c1-12-4-2-5-15-19(12)22(30)26(21(15)29)25(11-17(27)18-6-3-9-31-18)20(28)14-8-7-13(23)10-16(14)24/h2-4,6-10,12,15,19H,5,11H2,1H3/t12-,15-,19-/m1/s1. The lowest BCUT2D eigenvalue weighted by Gasteiger charge is -2.30. The van der Waals surface area contributed by atoms with Gasteiger partial charge in [-0.2, -0.15) is 5.01 Å². The van der Waals surface area contributed by atoms with Gasteiger partial charge in [0, 0.05) is 5.02 Å². The smallest absolute Gasteiger partial charge is 0.274 e. The Labute approximate surface area is 193 Å². The summed E-state index contributed by atoms with van der Waals surface area (Å²) in [6.45, 7) is 1.40. The number of halogens is 2. The van der Waals surface area contributed by atoms with Crippen LogP contribution in [0.2, 0.25) is 10.0 Å². The molecule has 1 aliphatic carbocycles. The summed E-state index contributed by atoms with van der Waals surface area (Å²) >= 11 is 13.4. The third-order valence-corrected chi connectivity index (χ3v) is 7.03. The predicted molar refractivity (Wildman–Crippen MR) is 118 cm³/mol. The zero-order chi connectivity index (χ0) is 22.3. The van der Waals surface area contributed by atoms with Crippen LogP contribution in [-0.4, -0.2) is 40.1 Å². The number of hydrogen-bond donors (Lipinski definition) is 0. The maximum atomic E-state index is 13.4. The Morgan fingerprint density at radius 2 is 1.97 bits per heavy atom. The van der Waals surface area contributed by atoms with Gasteiger partial charge in [0.25, 0.3) is 17.7 Å². The van der Waals surface area contributed by atoms with E-state index in [4.69, 9.17) is 23.2 Å². The first-order valence-electron chi connectivity index (χ1n) is 9.67. The van der Waals surface area contributed by atoms with E-state index in [1.165, 1.54) is 29.5 Å². The van der Waals surface area contributed by atoms with Gasteiger partial charge in [0.1, 0.15) is 6.54 Å². The van der Waals surface area contributed by atoms with Gasteiger partial charge in [0.2, 0.25) is 0 Å². The van der Waals surface area contributed by atoms with Crippen LogP contribution in [0.4, 0.5) is 0 Å². The molecule has 2 aliphatic rings. The summed E-state index contributed by atoms with van der Waals surface area (Å²) in [5, 5.41) is 3.91. The highest BCUT2D eigenvalue weighted by Crippen LogP contribution is 2.39. The van der Waals surface area contributed by atoms with Crippen molar-refractivity contribution in [3.63, 3.8) is 0 Å². The molecule has 9 heteroatoms. The summed E-state index contributed by atoms with van der Waals surface area (Å²) in [4.78, 5) is 53.2. The number of carbonyl (C=O) groups is 4. The molecule has 31 heavy (non-hydrogen) atoms. The van der Waals surface area contributed by atoms with Gasteiger partial charge in [-0.15, -0.1) is 11.3 Å². The molecule has 2 heterocycles. The van der Waals surface area contributed by atoms with E-state index >= 15 is 0 Å². The molecular weight excluding hydrogens is 459 g/mol. The van der Waals surface area contributed by atoms with Crippen LogP contribution in [0.3, 0.4) is 0 Å². The first-order valence-corrected chi connectivity index (χ1v) is 11.3. The molecule has 1 aromatic carbocycles. The number of amides is 3. The molecule has 1 aliphatic heterocycles. The second kappa shape index (κ2) is 8.57. The Kier molecular flexibility index (Phi) is 6.01. The highest BCUT2D eigenvalue weighted by molar-refractivity contribution is 7.12. The second-order valence-corrected chi connectivity index (χ2v) is 9.32. The minimum absolute atomic E-state index is 0.0479. The second-order valence-electron chi connectivity index (χ2n) is 7.53. The molecule has 2 aromatic rings. The highest BCUT2D eigenvalue weighted by Gasteiger charge is 2.53. The largest absolute Gasteiger partial charge is 0.291 e. The molecule has 0 radical (unpaired) electrons.